The Morgan fingerprint density at radius 2 is 2.12 bits per heavy atom. The normalized spacial score (nSPS) is 25.9. The maximum absolute atomic E-state index is 12.0. The molecule has 1 rings (SSSR count). The first kappa shape index (κ1) is 14.5. The standard InChI is InChI=1S/C13H27N3O/c1-11-5-6-12(2)16(9-11)10-13(17)15(3)8-4-7-14/h11-12H,4-10,14H2,1-3H3. The zero-order chi connectivity index (χ0) is 12.8. The van der Waals surface area contributed by atoms with E-state index in [-0.39, 0.29) is 5.91 Å². The minimum absolute atomic E-state index is 0.222. The fourth-order valence-corrected chi connectivity index (χ4v) is 2.35. The van der Waals surface area contributed by atoms with Gasteiger partial charge in [0, 0.05) is 26.2 Å². The van der Waals surface area contributed by atoms with Crippen molar-refractivity contribution in [2.75, 3.05) is 33.2 Å². The molecule has 1 heterocycles. The van der Waals surface area contributed by atoms with Gasteiger partial charge >= 0.3 is 0 Å². The van der Waals surface area contributed by atoms with Crippen molar-refractivity contribution in [2.45, 2.75) is 39.2 Å². The van der Waals surface area contributed by atoms with Gasteiger partial charge in [0.05, 0.1) is 6.54 Å². The second-order valence-corrected chi connectivity index (χ2v) is 5.42. The summed E-state index contributed by atoms with van der Waals surface area (Å²) in [6, 6.07) is 0.540. The predicted octanol–water partition coefficient (Wildman–Crippen LogP) is 0.914. The first-order chi connectivity index (χ1) is 8.04. The van der Waals surface area contributed by atoms with Gasteiger partial charge in [-0.2, -0.15) is 0 Å². The maximum atomic E-state index is 12.0. The molecule has 1 fully saturated rings. The lowest BCUT2D eigenvalue weighted by atomic mass is 9.95. The maximum Gasteiger partial charge on any atom is 0.236 e. The monoisotopic (exact) mass is 241 g/mol. The number of likely N-dealkylation sites (N-methyl/N-ethyl adjacent to an activating group) is 1. The highest BCUT2D eigenvalue weighted by Gasteiger charge is 2.25. The van der Waals surface area contributed by atoms with Gasteiger partial charge < -0.3 is 10.6 Å². The van der Waals surface area contributed by atoms with Gasteiger partial charge in [-0.25, -0.2) is 0 Å². The molecule has 1 aliphatic rings. The summed E-state index contributed by atoms with van der Waals surface area (Å²) in [5.41, 5.74) is 5.45. The van der Waals surface area contributed by atoms with Gasteiger partial charge in [0.15, 0.2) is 0 Å². The van der Waals surface area contributed by atoms with E-state index in [0.717, 1.165) is 19.5 Å². The van der Waals surface area contributed by atoms with Crippen LogP contribution in [0.5, 0.6) is 0 Å². The molecule has 2 unspecified atom stereocenters. The minimum Gasteiger partial charge on any atom is -0.345 e. The first-order valence-corrected chi connectivity index (χ1v) is 6.72. The second kappa shape index (κ2) is 6.97. The van der Waals surface area contributed by atoms with E-state index in [1.807, 2.05) is 7.05 Å². The number of piperidine rings is 1. The van der Waals surface area contributed by atoms with Gasteiger partial charge in [-0.1, -0.05) is 6.92 Å². The van der Waals surface area contributed by atoms with Gasteiger partial charge in [-0.05, 0) is 38.6 Å². The third kappa shape index (κ3) is 4.64. The Hall–Kier alpha value is -0.610. The number of likely N-dealkylation sites (tertiary alicyclic amines) is 1. The summed E-state index contributed by atoms with van der Waals surface area (Å²) in [7, 11) is 1.87. The average Bonchev–Trinajstić information content (AvgIpc) is 2.30. The van der Waals surface area contributed by atoms with E-state index in [2.05, 4.69) is 18.7 Å². The minimum atomic E-state index is 0.222. The summed E-state index contributed by atoms with van der Waals surface area (Å²) < 4.78 is 0. The highest BCUT2D eigenvalue weighted by Crippen LogP contribution is 2.20. The van der Waals surface area contributed by atoms with E-state index in [0.29, 0.717) is 25.0 Å². The van der Waals surface area contributed by atoms with Crippen LogP contribution in [-0.4, -0.2) is 55.0 Å². The molecule has 1 aliphatic heterocycles. The lowest BCUT2D eigenvalue weighted by Gasteiger charge is -2.37. The molecule has 0 aromatic heterocycles. The SMILES string of the molecule is CC1CCC(C)N(CC(=O)N(C)CCCN)C1. The van der Waals surface area contributed by atoms with Crippen LogP contribution in [0.25, 0.3) is 0 Å². The predicted molar refractivity (Wildman–Crippen MR) is 70.7 cm³/mol. The molecule has 0 aromatic rings. The van der Waals surface area contributed by atoms with Crippen molar-refractivity contribution >= 4 is 5.91 Å². The Kier molecular flexibility index (Phi) is 5.92. The second-order valence-electron chi connectivity index (χ2n) is 5.42. The van der Waals surface area contributed by atoms with Crippen molar-refractivity contribution in [1.82, 2.24) is 9.80 Å². The molecular weight excluding hydrogens is 214 g/mol. The molecule has 0 spiro atoms. The third-order valence-electron chi connectivity index (χ3n) is 3.71. The molecule has 17 heavy (non-hydrogen) atoms. The summed E-state index contributed by atoms with van der Waals surface area (Å²) in [4.78, 5) is 16.1. The molecular formula is C13H27N3O. The topological polar surface area (TPSA) is 49.6 Å². The van der Waals surface area contributed by atoms with Gasteiger partial charge in [0.1, 0.15) is 0 Å². The number of amides is 1. The van der Waals surface area contributed by atoms with Gasteiger partial charge in [0.25, 0.3) is 0 Å². The lowest BCUT2D eigenvalue weighted by molar-refractivity contribution is -0.132. The van der Waals surface area contributed by atoms with Crippen LogP contribution >= 0.6 is 0 Å². The smallest absolute Gasteiger partial charge is 0.236 e. The quantitative estimate of drug-likeness (QED) is 0.778. The average molecular weight is 241 g/mol. The van der Waals surface area contributed by atoms with Crippen molar-refractivity contribution in [1.29, 1.82) is 0 Å². The molecule has 0 aromatic carbocycles. The molecule has 100 valence electrons. The highest BCUT2D eigenvalue weighted by atomic mass is 16.2. The Morgan fingerprint density at radius 3 is 2.76 bits per heavy atom. The molecule has 2 atom stereocenters. The fourth-order valence-electron chi connectivity index (χ4n) is 2.35. The molecule has 1 saturated heterocycles. The fraction of sp³-hybridized carbons (Fsp3) is 0.923. The van der Waals surface area contributed by atoms with E-state index < -0.39 is 0 Å². The van der Waals surface area contributed by atoms with Gasteiger partial charge in [-0.3, -0.25) is 9.69 Å². The molecule has 2 N–H and O–H groups in total. The van der Waals surface area contributed by atoms with Crippen LogP contribution in [0.2, 0.25) is 0 Å². The number of carbonyl (C=O) groups excluding carboxylic acids is 1. The van der Waals surface area contributed by atoms with Gasteiger partial charge in [0.2, 0.25) is 5.91 Å². The number of rotatable bonds is 5. The van der Waals surface area contributed by atoms with E-state index in [1.54, 1.807) is 4.90 Å². The van der Waals surface area contributed by atoms with Crippen molar-refractivity contribution in [3.05, 3.63) is 0 Å². The largest absolute Gasteiger partial charge is 0.345 e. The first-order valence-electron chi connectivity index (χ1n) is 6.72. The number of hydrogen-bond donors (Lipinski definition) is 1. The molecule has 0 aliphatic carbocycles. The lowest BCUT2D eigenvalue weighted by Crippen LogP contribution is -2.47. The summed E-state index contributed by atoms with van der Waals surface area (Å²) in [5.74, 6) is 0.938. The van der Waals surface area contributed by atoms with Crippen LogP contribution in [-0.2, 0) is 4.79 Å². The molecule has 4 nitrogen and oxygen atoms in total. The summed E-state index contributed by atoms with van der Waals surface area (Å²) in [6.07, 6.45) is 3.38. The van der Waals surface area contributed by atoms with Gasteiger partial charge in [-0.15, -0.1) is 0 Å². The van der Waals surface area contributed by atoms with E-state index in [4.69, 9.17) is 5.73 Å². The van der Waals surface area contributed by atoms with Crippen LogP contribution in [0.4, 0.5) is 0 Å². The molecule has 4 heteroatoms. The van der Waals surface area contributed by atoms with Crippen LogP contribution in [0.15, 0.2) is 0 Å². The van der Waals surface area contributed by atoms with Crippen molar-refractivity contribution < 1.29 is 4.79 Å². The summed E-state index contributed by atoms with van der Waals surface area (Å²) in [5, 5.41) is 0. The third-order valence-corrected chi connectivity index (χ3v) is 3.71. The molecule has 0 saturated carbocycles. The van der Waals surface area contributed by atoms with Crippen LogP contribution in [0, 0.1) is 5.92 Å². The van der Waals surface area contributed by atoms with Crippen molar-refractivity contribution in [2.24, 2.45) is 11.7 Å². The van der Waals surface area contributed by atoms with E-state index in [9.17, 15) is 4.79 Å². The van der Waals surface area contributed by atoms with Crippen LogP contribution in [0.1, 0.15) is 33.1 Å². The van der Waals surface area contributed by atoms with Crippen LogP contribution in [0.3, 0.4) is 0 Å². The van der Waals surface area contributed by atoms with E-state index in [1.165, 1.54) is 12.8 Å². The Balaban J connectivity index is 2.38. The molecule has 1 amide bonds. The molecule has 0 bridgehead atoms. The Bertz CT molecular complexity index is 245. The number of carbonyl (C=O) groups is 1. The number of nitrogens with two attached hydrogens (primary N) is 1. The summed E-state index contributed by atoms with van der Waals surface area (Å²) >= 11 is 0. The number of hydrogen-bond acceptors (Lipinski definition) is 3. The molecule has 0 radical (unpaired) electrons. The van der Waals surface area contributed by atoms with Crippen molar-refractivity contribution in [3.8, 4) is 0 Å². The summed E-state index contributed by atoms with van der Waals surface area (Å²) in [6.45, 7) is 7.52. The van der Waals surface area contributed by atoms with E-state index >= 15 is 0 Å². The zero-order valence-corrected chi connectivity index (χ0v) is 11.5. The number of nitrogens with zero attached hydrogens (tertiary/aromatic N) is 2. The van der Waals surface area contributed by atoms with Crippen molar-refractivity contribution in [3.63, 3.8) is 0 Å². The van der Waals surface area contributed by atoms with Crippen LogP contribution < -0.4 is 5.73 Å². The zero-order valence-electron chi connectivity index (χ0n) is 11.5. The Morgan fingerprint density at radius 1 is 1.41 bits per heavy atom. The Labute approximate surface area is 105 Å². The highest BCUT2D eigenvalue weighted by molar-refractivity contribution is 5.78.